The lowest BCUT2D eigenvalue weighted by atomic mass is 9.91. The van der Waals surface area contributed by atoms with Crippen molar-refractivity contribution >= 4 is 27.5 Å². The Morgan fingerprint density at radius 2 is 1.94 bits per heavy atom. The van der Waals surface area contributed by atoms with E-state index in [-0.39, 0.29) is 0 Å². The molecular weight excluding hydrogens is 298 g/mol. The highest BCUT2D eigenvalue weighted by molar-refractivity contribution is 9.09. The van der Waals surface area contributed by atoms with Crippen LogP contribution in [0.5, 0.6) is 0 Å². The number of rotatable bonds is 7. The van der Waals surface area contributed by atoms with Gasteiger partial charge in [-0.2, -0.15) is 0 Å². The van der Waals surface area contributed by atoms with Crippen LogP contribution in [0.4, 0.5) is 0 Å². The fraction of sp³-hybridized carbons (Fsp3) is 0.643. The lowest BCUT2D eigenvalue weighted by Gasteiger charge is -2.22. The van der Waals surface area contributed by atoms with Gasteiger partial charge in [-0.05, 0) is 36.8 Å². The van der Waals surface area contributed by atoms with Crippen LogP contribution in [0.25, 0.3) is 0 Å². The summed E-state index contributed by atoms with van der Waals surface area (Å²) in [6, 6.07) is 2.02. The first-order chi connectivity index (χ1) is 8.19. The van der Waals surface area contributed by atoms with Gasteiger partial charge in [-0.25, -0.2) is 0 Å². The van der Waals surface area contributed by atoms with Crippen LogP contribution in [0.2, 0.25) is 5.02 Å². The minimum Gasteiger partial charge on any atom is -0.263 e. The number of nitrogens with zero attached hydrogens (tertiary/aromatic N) is 1. The van der Waals surface area contributed by atoms with Gasteiger partial charge in [-0.3, -0.25) is 4.98 Å². The Morgan fingerprint density at radius 1 is 1.29 bits per heavy atom. The van der Waals surface area contributed by atoms with E-state index >= 15 is 0 Å². The van der Waals surface area contributed by atoms with Gasteiger partial charge in [0.1, 0.15) is 0 Å². The van der Waals surface area contributed by atoms with Gasteiger partial charge < -0.3 is 0 Å². The van der Waals surface area contributed by atoms with E-state index in [2.05, 4.69) is 34.8 Å². The third kappa shape index (κ3) is 4.97. The highest BCUT2D eigenvalue weighted by atomic mass is 79.9. The molecule has 0 saturated carbocycles. The highest BCUT2D eigenvalue weighted by Crippen LogP contribution is 2.28. The molecular formula is C14H21BrClN. The molecule has 0 amide bonds. The Hall–Kier alpha value is -0.0800. The standard InChI is InChI=1S/C14H21BrClN/c1-3-5-11(6-4-2)13(15)9-12-7-8-17-10-14(12)16/h7-8,10-11,13H,3-6,9H2,1-2H3. The van der Waals surface area contributed by atoms with E-state index in [1.54, 1.807) is 6.20 Å². The predicted molar refractivity (Wildman–Crippen MR) is 79.0 cm³/mol. The van der Waals surface area contributed by atoms with Crippen molar-refractivity contribution in [2.24, 2.45) is 5.92 Å². The van der Waals surface area contributed by atoms with Crippen LogP contribution in [0.15, 0.2) is 18.5 Å². The maximum Gasteiger partial charge on any atom is 0.0621 e. The SMILES string of the molecule is CCCC(CCC)C(Br)Cc1ccncc1Cl. The predicted octanol–water partition coefficient (Wildman–Crippen LogP) is 5.26. The van der Waals surface area contributed by atoms with Gasteiger partial charge in [0.25, 0.3) is 0 Å². The first kappa shape index (κ1) is 15.0. The van der Waals surface area contributed by atoms with Crippen molar-refractivity contribution < 1.29 is 0 Å². The molecule has 17 heavy (non-hydrogen) atoms. The van der Waals surface area contributed by atoms with E-state index in [1.807, 2.05) is 12.3 Å². The number of hydrogen-bond acceptors (Lipinski definition) is 1. The summed E-state index contributed by atoms with van der Waals surface area (Å²) in [6.07, 6.45) is 9.60. The van der Waals surface area contributed by atoms with Crippen molar-refractivity contribution in [1.82, 2.24) is 4.98 Å². The number of alkyl halides is 1. The highest BCUT2D eigenvalue weighted by Gasteiger charge is 2.18. The van der Waals surface area contributed by atoms with Gasteiger partial charge in [0.15, 0.2) is 0 Å². The van der Waals surface area contributed by atoms with E-state index in [0.717, 1.165) is 17.4 Å². The summed E-state index contributed by atoms with van der Waals surface area (Å²) in [5.41, 5.74) is 1.20. The van der Waals surface area contributed by atoms with Gasteiger partial charge in [0.05, 0.1) is 5.02 Å². The molecule has 0 aliphatic carbocycles. The molecule has 96 valence electrons. The van der Waals surface area contributed by atoms with Gasteiger partial charge in [-0.1, -0.05) is 54.2 Å². The quantitative estimate of drug-likeness (QED) is 0.625. The zero-order valence-corrected chi connectivity index (χ0v) is 13.0. The monoisotopic (exact) mass is 317 g/mol. The first-order valence-corrected chi connectivity index (χ1v) is 7.70. The van der Waals surface area contributed by atoms with E-state index in [4.69, 9.17) is 11.6 Å². The molecule has 0 N–H and O–H groups in total. The molecule has 0 aliphatic heterocycles. The lowest BCUT2D eigenvalue weighted by molar-refractivity contribution is 0.427. The largest absolute Gasteiger partial charge is 0.263 e. The van der Waals surface area contributed by atoms with Crippen molar-refractivity contribution in [2.45, 2.75) is 50.8 Å². The van der Waals surface area contributed by atoms with Crippen molar-refractivity contribution in [3.63, 3.8) is 0 Å². The summed E-state index contributed by atoms with van der Waals surface area (Å²) in [6.45, 7) is 4.50. The Kier molecular flexibility index (Phi) is 7.14. The summed E-state index contributed by atoms with van der Waals surface area (Å²) in [5, 5.41) is 0.781. The molecule has 1 aromatic rings. The second-order valence-corrected chi connectivity index (χ2v) is 6.11. The molecule has 3 heteroatoms. The fourth-order valence-electron chi connectivity index (χ4n) is 2.19. The van der Waals surface area contributed by atoms with Crippen LogP contribution in [0.3, 0.4) is 0 Å². The Labute approximate surface area is 118 Å². The smallest absolute Gasteiger partial charge is 0.0621 e. The molecule has 1 heterocycles. The van der Waals surface area contributed by atoms with Gasteiger partial charge in [-0.15, -0.1) is 0 Å². The molecule has 0 bridgehead atoms. The molecule has 1 atom stereocenters. The summed E-state index contributed by atoms with van der Waals surface area (Å²) < 4.78 is 0. The average Bonchev–Trinajstić information content (AvgIpc) is 2.32. The lowest BCUT2D eigenvalue weighted by Crippen LogP contribution is -2.17. The van der Waals surface area contributed by atoms with Gasteiger partial charge in [0.2, 0.25) is 0 Å². The summed E-state index contributed by atoms with van der Waals surface area (Å²) in [4.78, 5) is 4.54. The van der Waals surface area contributed by atoms with Crippen LogP contribution in [0.1, 0.15) is 45.1 Å². The van der Waals surface area contributed by atoms with Gasteiger partial charge >= 0.3 is 0 Å². The molecule has 1 aromatic heterocycles. The number of halogens is 2. The molecule has 1 nitrogen and oxygen atoms in total. The van der Waals surface area contributed by atoms with E-state index < -0.39 is 0 Å². The Bertz CT molecular complexity index is 324. The molecule has 0 saturated heterocycles. The molecule has 0 spiro atoms. The minimum absolute atomic E-state index is 0.516. The number of aromatic nitrogens is 1. The number of hydrogen-bond donors (Lipinski definition) is 0. The van der Waals surface area contributed by atoms with Crippen molar-refractivity contribution in [1.29, 1.82) is 0 Å². The van der Waals surface area contributed by atoms with Crippen LogP contribution in [0, 0.1) is 5.92 Å². The molecule has 0 radical (unpaired) electrons. The van der Waals surface area contributed by atoms with Crippen LogP contribution >= 0.6 is 27.5 Å². The molecule has 0 aliphatic rings. The third-order valence-corrected chi connectivity index (χ3v) is 4.51. The van der Waals surface area contributed by atoms with Crippen LogP contribution in [-0.4, -0.2) is 9.81 Å². The van der Waals surface area contributed by atoms with E-state index in [0.29, 0.717) is 4.83 Å². The zero-order valence-electron chi connectivity index (χ0n) is 10.6. The Morgan fingerprint density at radius 3 is 2.47 bits per heavy atom. The molecule has 0 fully saturated rings. The van der Waals surface area contributed by atoms with E-state index in [1.165, 1.54) is 31.2 Å². The van der Waals surface area contributed by atoms with Crippen molar-refractivity contribution in [2.75, 3.05) is 0 Å². The molecule has 1 rings (SSSR count). The summed E-state index contributed by atoms with van der Waals surface area (Å²) in [7, 11) is 0. The fourth-order valence-corrected chi connectivity index (χ4v) is 3.27. The van der Waals surface area contributed by atoms with Crippen LogP contribution in [-0.2, 0) is 6.42 Å². The van der Waals surface area contributed by atoms with Crippen LogP contribution < -0.4 is 0 Å². The second kappa shape index (κ2) is 8.10. The zero-order chi connectivity index (χ0) is 12.7. The summed E-state index contributed by atoms with van der Waals surface area (Å²) >= 11 is 9.98. The minimum atomic E-state index is 0.516. The first-order valence-electron chi connectivity index (χ1n) is 6.41. The Balaban J connectivity index is 2.62. The maximum absolute atomic E-state index is 6.14. The molecule has 1 unspecified atom stereocenters. The second-order valence-electron chi connectivity index (χ2n) is 4.52. The topological polar surface area (TPSA) is 12.9 Å². The maximum atomic E-state index is 6.14. The van der Waals surface area contributed by atoms with Crippen molar-refractivity contribution in [3.05, 3.63) is 29.0 Å². The summed E-state index contributed by atoms with van der Waals surface area (Å²) in [5.74, 6) is 0.745. The molecule has 0 aromatic carbocycles. The third-order valence-electron chi connectivity index (χ3n) is 3.10. The normalized spacial score (nSPS) is 13.0. The average molecular weight is 319 g/mol. The van der Waals surface area contributed by atoms with Crippen molar-refractivity contribution in [3.8, 4) is 0 Å². The van der Waals surface area contributed by atoms with Gasteiger partial charge in [0, 0.05) is 17.2 Å². The van der Waals surface area contributed by atoms with E-state index in [9.17, 15) is 0 Å². The number of pyridine rings is 1.